The molecule has 2 nitrogen and oxygen atoms in total. The number of ether oxygens (including phenoxy) is 1. The minimum atomic E-state index is 0.396. The molecule has 2 atom stereocenters. The molecule has 1 saturated heterocycles. The smallest absolute Gasteiger partial charge is 0.124 e. The van der Waals surface area contributed by atoms with Crippen molar-refractivity contribution in [3.05, 3.63) is 28.8 Å². The van der Waals surface area contributed by atoms with Crippen LogP contribution in [0.2, 0.25) is 0 Å². The van der Waals surface area contributed by atoms with Crippen LogP contribution in [-0.2, 0) is 0 Å². The van der Waals surface area contributed by atoms with Gasteiger partial charge in [0.25, 0.3) is 0 Å². The van der Waals surface area contributed by atoms with Gasteiger partial charge in [-0.05, 0) is 56.7 Å². The molecule has 1 fully saturated rings. The van der Waals surface area contributed by atoms with Crippen molar-refractivity contribution >= 4 is 11.8 Å². The van der Waals surface area contributed by atoms with Gasteiger partial charge in [-0.25, -0.2) is 0 Å². The normalized spacial score (nSPS) is 21.0. The third-order valence-electron chi connectivity index (χ3n) is 3.67. The van der Waals surface area contributed by atoms with Crippen LogP contribution in [-0.4, -0.2) is 25.2 Å². The molecule has 1 N–H and O–H groups in total. The Morgan fingerprint density at radius 3 is 2.72 bits per heavy atom. The van der Waals surface area contributed by atoms with Crippen molar-refractivity contribution in [1.82, 2.24) is 5.32 Å². The number of hydrogen-bond donors (Lipinski definition) is 1. The zero-order chi connectivity index (χ0) is 13.1. The summed E-state index contributed by atoms with van der Waals surface area (Å²) < 4.78 is 5.60. The summed E-state index contributed by atoms with van der Waals surface area (Å²) in [4.78, 5) is 0. The minimum Gasteiger partial charge on any atom is -0.496 e. The zero-order valence-corrected chi connectivity index (χ0v) is 12.6. The van der Waals surface area contributed by atoms with E-state index in [2.05, 4.69) is 50.1 Å². The van der Waals surface area contributed by atoms with Gasteiger partial charge < -0.3 is 10.1 Å². The van der Waals surface area contributed by atoms with Gasteiger partial charge in [-0.15, -0.1) is 0 Å². The van der Waals surface area contributed by atoms with Crippen molar-refractivity contribution < 1.29 is 4.74 Å². The predicted octanol–water partition coefficient (Wildman–Crippen LogP) is 3.47. The summed E-state index contributed by atoms with van der Waals surface area (Å²) >= 11 is 2.08. The summed E-state index contributed by atoms with van der Waals surface area (Å²) in [5.74, 6) is 2.31. The highest BCUT2D eigenvalue weighted by Gasteiger charge is 2.29. The van der Waals surface area contributed by atoms with Crippen LogP contribution in [0.3, 0.4) is 0 Å². The summed E-state index contributed by atoms with van der Waals surface area (Å²) in [6.07, 6.45) is 2.63. The summed E-state index contributed by atoms with van der Waals surface area (Å²) in [5.41, 5.74) is 3.94. The van der Waals surface area contributed by atoms with Gasteiger partial charge in [-0.3, -0.25) is 0 Å². The Bertz CT molecular complexity index is 413. The maximum absolute atomic E-state index is 5.60. The Kier molecular flexibility index (Phi) is 4.57. The number of rotatable bonds is 4. The largest absolute Gasteiger partial charge is 0.496 e. The molecule has 1 aromatic carbocycles. The topological polar surface area (TPSA) is 21.3 Å². The molecule has 18 heavy (non-hydrogen) atoms. The highest BCUT2D eigenvalue weighted by Crippen LogP contribution is 2.40. The van der Waals surface area contributed by atoms with E-state index in [-0.39, 0.29) is 0 Å². The summed E-state index contributed by atoms with van der Waals surface area (Å²) in [6, 6.07) is 4.79. The van der Waals surface area contributed by atoms with Gasteiger partial charge in [0.15, 0.2) is 0 Å². The van der Waals surface area contributed by atoms with Crippen LogP contribution in [0.4, 0.5) is 0 Å². The number of hydrogen-bond acceptors (Lipinski definition) is 3. The first kappa shape index (κ1) is 13.8. The molecule has 0 saturated carbocycles. The van der Waals surface area contributed by atoms with Crippen LogP contribution in [0.15, 0.2) is 12.1 Å². The Balaban J connectivity index is 2.40. The molecule has 0 aliphatic carbocycles. The molecule has 2 rings (SSSR count). The zero-order valence-electron chi connectivity index (χ0n) is 11.7. The summed E-state index contributed by atoms with van der Waals surface area (Å²) in [5, 5.41) is 4.17. The monoisotopic (exact) mass is 265 g/mol. The van der Waals surface area contributed by atoms with Gasteiger partial charge in [0, 0.05) is 16.9 Å². The number of nitrogens with one attached hydrogen (secondary N) is 1. The molecule has 1 aliphatic heterocycles. The third kappa shape index (κ3) is 2.67. The van der Waals surface area contributed by atoms with Gasteiger partial charge in [0.2, 0.25) is 0 Å². The fourth-order valence-corrected chi connectivity index (χ4v) is 4.32. The van der Waals surface area contributed by atoms with Crippen LogP contribution >= 0.6 is 11.8 Å². The Morgan fingerprint density at radius 2 is 2.17 bits per heavy atom. The molecule has 0 aromatic heterocycles. The second-order valence-electron chi connectivity index (χ2n) is 5.02. The molecule has 3 heteroatoms. The number of methoxy groups -OCH3 is 1. The molecule has 0 radical (unpaired) electrons. The number of aryl methyl sites for hydroxylation is 2. The molecule has 2 unspecified atom stereocenters. The lowest BCUT2D eigenvalue weighted by Gasteiger charge is -2.26. The maximum atomic E-state index is 5.60. The van der Waals surface area contributed by atoms with E-state index in [4.69, 9.17) is 4.74 Å². The standard InChI is InChI=1S/C15H23NOS/c1-10-8-11(2)14(12(9-10)17-4)15(16-3)13-6-5-7-18-13/h8-9,13,15-16H,5-7H2,1-4H3. The number of benzene rings is 1. The first-order valence-electron chi connectivity index (χ1n) is 6.61. The van der Waals surface area contributed by atoms with Crippen LogP contribution < -0.4 is 10.1 Å². The van der Waals surface area contributed by atoms with Crippen LogP contribution in [0.25, 0.3) is 0 Å². The average Bonchev–Trinajstić information content (AvgIpc) is 2.85. The molecule has 0 spiro atoms. The summed E-state index contributed by atoms with van der Waals surface area (Å²) in [6.45, 7) is 4.31. The van der Waals surface area contributed by atoms with Crippen molar-refractivity contribution in [3.8, 4) is 5.75 Å². The van der Waals surface area contributed by atoms with Gasteiger partial charge in [-0.1, -0.05) is 6.07 Å². The van der Waals surface area contributed by atoms with Crippen molar-refractivity contribution in [2.75, 3.05) is 19.9 Å². The third-order valence-corrected chi connectivity index (χ3v) is 5.13. The van der Waals surface area contributed by atoms with Crippen molar-refractivity contribution in [2.24, 2.45) is 0 Å². The lowest BCUT2D eigenvalue weighted by molar-refractivity contribution is 0.398. The van der Waals surface area contributed by atoms with Crippen LogP contribution in [0.5, 0.6) is 5.75 Å². The van der Waals surface area contributed by atoms with Crippen molar-refractivity contribution in [3.63, 3.8) is 0 Å². The van der Waals surface area contributed by atoms with Crippen molar-refractivity contribution in [2.45, 2.75) is 38.0 Å². The van der Waals surface area contributed by atoms with Gasteiger partial charge in [-0.2, -0.15) is 11.8 Å². The van der Waals surface area contributed by atoms with Gasteiger partial charge in [0.1, 0.15) is 5.75 Å². The second kappa shape index (κ2) is 5.98. The molecule has 100 valence electrons. The highest BCUT2D eigenvalue weighted by atomic mass is 32.2. The molecule has 1 heterocycles. The molecular formula is C15H23NOS. The van der Waals surface area contributed by atoms with Crippen LogP contribution in [0.1, 0.15) is 35.6 Å². The molecule has 1 aliphatic rings. The van der Waals surface area contributed by atoms with E-state index in [1.54, 1.807) is 7.11 Å². The molecule has 1 aromatic rings. The van der Waals surface area contributed by atoms with Crippen LogP contribution in [0, 0.1) is 13.8 Å². The van der Waals surface area contributed by atoms with E-state index in [1.165, 1.54) is 35.3 Å². The highest BCUT2D eigenvalue weighted by molar-refractivity contribution is 8.00. The minimum absolute atomic E-state index is 0.396. The fourth-order valence-electron chi connectivity index (χ4n) is 2.89. The maximum Gasteiger partial charge on any atom is 0.124 e. The molecular weight excluding hydrogens is 242 g/mol. The Morgan fingerprint density at radius 1 is 1.39 bits per heavy atom. The average molecular weight is 265 g/mol. The van der Waals surface area contributed by atoms with E-state index in [9.17, 15) is 0 Å². The lowest BCUT2D eigenvalue weighted by Crippen LogP contribution is -2.27. The second-order valence-corrected chi connectivity index (χ2v) is 6.36. The lowest BCUT2D eigenvalue weighted by atomic mass is 9.94. The fraction of sp³-hybridized carbons (Fsp3) is 0.600. The van der Waals surface area contributed by atoms with E-state index >= 15 is 0 Å². The number of thioether (sulfide) groups is 1. The first-order valence-corrected chi connectivity index (χ1v) is 7.66. The van der Waals surface area contributed by atoms with E-state index in [1.807, 2.05) is 0 Å². The molecule has 0 amide bonds. The SMILES string of the molecule is CNC(c1c(C)cc(C)cc1OC)C1CCCS1. The predicted molar refractivity (Wildman–Crippen MR) is 79.7 cm³/mol. The van der Waals surface area contributed by atoms with Gasteiger partial charge in [0.05, 0.1) is 7.11 Å². The quantitative estimate of drug-likeness (QED) is 0.900. The van der Waals surface area contributed by atoms with E-state index in [0.29, 0.717) is 11.3 Å². The molecule has 0 bridgehead atoms. The van der Waals surface area contributed by atoms with Crippen molar-refractivity contribution in [1.29, 1.82) is 0 Å². The first-order chi connectivity index (χ1) is 8.67. The Hall–Kier alpha value is -0.670. The summed E-state index contributed by atoms with van der Waals surface area (Å²) in [7, 11) is 3.83. The van der Waals surface area contributed by atoms with E-state index in [0.717, 1.165) is 5.75 Å². The Labute approximate surface area is 114 Å². The van der Waals surface area contributed by atoms with E-state index < -0.39 is 0 Å². The van der Waals surface area contributed by atoms with Gasteiger partial charge >= 0.3 is 0 Å².